The highest BCUT2D eigenvalue weighted by Gasteiger charge is 2.21. The zero-order valence-electron chi connectivity index (χ0n) is 18.0. The number of carbonyl (C=O) groups excluding carboxylic acids is 2. The maximum atomic E-state index is 13.1. The molecule has 2 N–H and O–H groups in total. The molecule has 0 aliphatic carbocycles. The van der Waals surface area contributed by atoms with Crippen LogP contribution in [-0.2, 0) is 10.5 Å². The Morgan fingerprint density at radius 1 is 1.06 bits per heavy atom. The summed E-state index contributed by atoms with van der Waals surface area (Å²) in [6, 6.07) is 14.7. The van der Waals surface area contributed by atoms with Crippen molar-refractivity contribution >= 4 is 57.3 Å². The number of aromatic nitrogens is 1. The molecular formula is C24H23N3O3S2. The summed E-state index contributed by atoms with van der Waals surface area (Å²) in [5, 5.41) is 8.67. The second-order valence-corrected chi connectivity index (χ2v) is 9.71. The van der Waals surface area contributed by atoms with Gasteiger partial charge >= 0.3 is 0 Å². The van der Waals surface area contributed by atoms with E-state index < -0.39 is 0 Å². The van der Waals surface area contributed by atoms with E-state index in [2.05, 4.69) is 15.6 Å². The van der Waals surface area contributed by atoms with E-state index in [0.717, 1.165) is 21.0 Å². The van der Waals surface area contributed by atoms with Gasteiger partial charge in [0, 0.05) is 45.1 Å². The van der Waals surface area contributed by atoms with E-state index in [1.807, 2.05) is 50.4 Å². The van der Waals surface area contributed by atoms with Gasteiger partial charge in [-0.15, -0.1) is 11.3 Å². The molecule has 4 rings (SSSR count). The number of rotatable bonds is 7. The van der Waals surface area contributed by atoms with Crippen LogP contribution in [0, 0.1) is 12.8 Å². The summed E-state index contributed by atoms with van der Waals surface area (Å²) >= 11 is 3.18. The van der Waals surface area contributed by atoms with E-state index in [4.69, 9.17) is 4.42 Å². The number of hydrogen-bond donors (Lipinski definition) is 2. The van der Waals surface area contributed by atoms with Crippen molar-refractivity contribution in [3.8, 4) is 0 Å². The average Bonchev–Trinajstić information content (AvgIpc) is 3.36. The van der Waals surface area contributed by atoms with Gasteiger partial charge in [0.25, 0.3) is 5.91 Å². The molecular weight excluding hydrogens is 442 g/mol. The van der Waals surface area contributed by atoms with Crippen LogP contribution in [-0.4, -0.2) is 16.8 Å². The smallest absolute Gasteiger partial charge is 0.291 e. The fourth-order valence-corrected chi connectivity index (χ4v) is 4.95. The van der Waals surface area contributed by atoms with Gasteiger partial charge in [-0.05, 0) is 37.3 Å². The molecule has 2 aromatic heterocycles. The molecule has 6 nitrogen and oxygen atoms in total. The van der Waals surface area contributed by atoms with E-state index >= 15 is 0 Å². The summed E-state index contributed by atoms with van der Waals surface area (Å²) < 4.78 is 6.89. The Bertz CT molecular complexity index is 1260. The monoisotopic (exact) mass is 465 g/mol. The summed E-state index contributed by atoms with van der Waals surface area (Å²) in [5.41, 5.74) is 3.81. The quantitative estimate of drug-likeness (QED) is 0.311. The molecule has 0 fully saturated rings. The van der Waals surface area contributed by atoms with Crippen LogP contribution in [0.25, 0.3) is 11.0 Å². The zero-order chi connectivity index (χ0) is 22.7. The summed E-state index contributed by atoms with van der Waals surface area (Å²) in [4.78, 5) is 29.4. The van der Waals surface area contributed by atoms with Gasteiger partial charge in [0.2, 0.25) is 5.91 Å². The first-order chi connectivity index (χ1) is 15.4. The lowest BCUT2D eigenvalue weighted by atomic mass is 10.1. The highest BCUT2D eigenvalue weighted by atomic mass is 32.2. The molecule has 0 radical (unpaired) electrons. The lowest BCUT2D eigenvalue weighted by molar-refractivity contribution is -0.118. The Labute approximate surface area is 194 Å². The minimum absolute atomic E-state index is 0.0540. The molecule has 0 aliphatic rings. The first-order valence-electron chi connectivity index (χ1n) is 10.2. The SMILES string of the molecule is Cc1csc(SCc2c(C(=O)Nc3ccc(NC(=O)C(C)C)cc3)oc3ccccc23)n1. The Kier molecular flexibility index (Phi) is 6.62. The molecule has 0 spiro atoms. The number of furan rings is 1. The van der Waals surface area contributed by atoms with Gasteiger partial charge in [-0.25, -0.2) is 4.98 Å². The Morgan fingerprint density at radius 2 is 1.75 bits per heavy atom. The van der Waals surface area contributed by atoms with Gasteiger partial charge in [-0.1, -0.05) is 43.8 Å². The lowest BCUT2D eigenvalue weighted by Crippen LogP contribution is -2.17. The van der Waals surface area contributed by atoms with Crippen molar-refractivity contribution in [2.75, 3.05) is 10.6 Å². The molecule has 4 aromatic rings. The van der Waals surface area contributed by atoms with Crippen molar-refractivity contribution in [2.24, 2.45) is 5.92 Å². The highest BCUT2D eigenvalue weighted by molar-refractivity contribution is 8.00. The summed E-state index contributed by atoms with van der Waals surface area (Å²) in [5.74, 6) is 0.399. The topological polar surface area (TPSA) is 84.2 Å². The van der Waals surface area contributed by atoms with Crippen LogP contribution >= 0.6 is 23.1 Å². The molecule has 0 unspecified atom stereocenters. The van der Waals surface area contributed by atoms with Crippen molar-refractivity contribution in [3.63, 3.8) is 0 Å². The van der Waals surface area contributed by atoms with Crippen LogP contribution in [0.2, 0.25) is 0 Å². The second-order valence-electron chi connectivity index (χ2n) is 7.62. The predicted molar refractivity (Wildman–Crippen MR) is 130 cm³/mol. The molecule has 0 saturated carbocycles. The number of anilines is 2. The van der Waals surface area contributed by atoms with Crippen molar-refractivity contribution < 1.29 is 14.0 Å². The van der Waals surface area contributed by atoms with Crippen LogP contribution in [0.1, 0.15) is 35.7 Å². The third-order valence-electron chi connectivity index (χ3n) is 4.78. The largest absolute Gasteiger partial charge is 0.451 e. The van der Waals surface area contributed by atoms with Gasteiger partial charge in [-0.3, -0.25) is 9.59 Å². The molecule has 0 aliphatic heterocycles. The van der Waals surface area contributed by atoms with Gasteiger partial charge in [0.15, 0.2) is 5.76 Å². The van der Waals surface area contributed by atoms with Crippen LogP contribution in [0.4, 0.5) is 11.4 Å². The number of amides is 2. The number of hydrogen-bond acceptors (Lipinski definition) is 6. The van der Waals surface area contributed by atoms with E-state index in [1.54, 1.807) is 47.4 Å². The van der Waals surface area contributed by atoms with Crippen LogP contribution in [0.3, 0.4) is 0 Å². The average molecular weight is 466 g/mol. The molecule has 2 heterocycles. The molecule has 0 saturated heterocycles. The number of para-hydroxylation sites is 1. The Balaban J connectivity index is 1.53. The maximum Gasteiger partial charge on any atom is 0.291 e. The normalized spacial score (nSPS) is 11.1. The van der Waals surface area contributed by atoms with Crippen LogP contribution in [0.5, 0.6) is 0 Å². The molecule has 2 aromatic carbocycles. The summed E-state index contributed by atoms with van der Waals surface area (Å²) in [7, 11) is 0. The van der Waals surface area contributed by atoms with E-state index in [1.165, 1.54) is 0 Å². The lowest BCUT2D eigenvalue weighted by Gasteiger charge is -2.09. The number of benzene rings is 2. The predicted octanol–water partition coefficient (Wildman–Crippen LogP) is 6.34. The number of nitrogens with one attached hydrogen (secondary N) is 2. The molecule has 8 heteroatoms. The Morgan fingerprint density at radius 3 is 2.41 bits per heavy atom. The van der Waals surface area contributed by atoms with Crippen molar-refractivity contribution in [3.05, 3.63) is 70.9 Å². The molecule has 32 heavy (non-hydrogen) atoms. The molecule has 0 bridgehead atoms. The van der Waals surface area contributed by atoms with Gasteiger partial charge in [-0.2, -0.15) is 0 Å². The van der Waals surface area contributed by atoms with Gasteiger partial charge < -0.3 is 15.1 Å². The highest BCUT2D eigenvalue weighted by Crippen LogP contribution is 2.33. The maximum absolute atomic E-state index is 13.1. The number of carbonyl (C=O) groups is 2. The van der Waals surface area contributed by atoms with E-state index in [0.29, 0.717) is 28.5 Å². The molecule has 2 amide bonds. The third-order valence-corrected chi connectivity index (χ3v) is 6.94. The fraction of sp³-hybridized carbons (Fsp3) is 0.208. The fourth-order valence-electron chi connectivity index (χ4n) is 3.07. The standard InChI is InChI=1S/C24H23N3O3S2/c1-14(2)22(28)26-16-8-10-17(11-9-16)27-23(29)21-19(13-32-24-25-15(3)12-31-24)18-6-4-5-7-20(18)30-21/h4-12,14H,13H2,1-3H3,(H,26,28)(H,27,29). The second kappa shape index (κ2) is 9.58. The summed E-state index contributed by atoms with van der Waals surface area (Å²) in [6.45, 7) is 5.64. The van der Waals surface area contributed by atoms with Gasteiger partial charge in [0.05, 0.1) is 0 Å². The molecule has 0 atom stereocenters. The summed E-state index contributed by atoms with van der Waals surface area (Å²) in [6.07, 6.45) is 0. The van der Waals surface area contributed by atoms with Crippen LogP contribution < -0.4 is 10.6 Å². The first-order valence-corrected chi connectivity index (χ1v) is 12.0. The first kappa shape index (κ1) is 22.1. The number of thioether (sulfide) groups is 1. The number of thiazole rings is 1. The minimum atomic E-state index is -0.314. The zero-order valence-corrected chi connectivity index (χ0v) is 19.6. The van der Waals surface area contributed by atoms with E-state index in [-0.39, 0.29) is 17.7 Å². The minimum Gasteiger partial charge on any atom is -0.451 e. The third kappa shape index (κ3) is 5.03. The molecule has 164 valence electrons. The van der Waals surface area contributed by atoms with Crippen molar-refractivity contribution in [2.45, 2.75) is 30.9 Å². The number of nitrogens with zero attached hydrogens (tertiary/aromatic N) is 1. The number of fused-ring (bicyclic) bond motifs is 1. The van der Waals surface area contributed by atoms with Crippen molar-refractivity contribution in [1.82, 2.24) is 4.98 Å². The van der Waals surface area contributed by atoms with E-state index in [9.17, 15) is 9.59 Å². The van der Waals surface area contributed by atoms with Gasteiger partial charge in [0.1, 0.15) is 9.92 Å². The van der Waals surface area contributed by atoms with Crippen molar-refractivity contribution in [1.29, 1.82) is 0 Å². The van der Waals surface area contributed by atoms with Crippen LogP contribution in [0.15, 0.2) is 62.7 Å². The Hall–Kier alpha value is -3.10. The number of aryl methyl sites for hydroxylation is 1.